The third-order valence-corrected chi connectivity index (χ3v) is 4.42. The largest absolute Gasteiger partial charge is 0.423 e. The second kappa shape index (κ2) is 6.99. The van der Waals surface area contributed by atoms with E-state index in [0.29, 0.717) is 17.4 Å². The Balaban J connectivity index is 2.46. The van der Waals surface area contributed by atoms with E-state index in [2.05, 4.69) is 26.8 Å². The van der Waals surface area contributed by atoms with Crippen LogP contribution in [0.4, 0.5) is 0 Å². The number of hydrogen-bond donors (Lipinski definition) is 0. The zero-order chi connectivity index (χ0) is 17.1. The Morgan fingerprint density at radius 2 is 1.74 bits per heavy atom. The van der Waals surface area contributed by atoms with Gasteiger partial charge in [-0.15, -0.1) is 0 Å². The molecule has 2 rings (SSSR count). The fourth-order valence-electron chi connectivity index (χ4n) is 3.11. The maximum atomic E-state index is 11.3. The van der Waals surface area contributed by atoms with Gasteiger partial charge < -0.3 is 9.47 Å². The summed E-state index contributed by atoms with van der Waals surface area (Å²) < 4.78 is 10.5. The summed E-state index contributed by atoms with van der Waals surface area (Å²) in [5, 5.41) is 0. The van der Waals surface area contributed by atoms with Crippen LogP contribution in [-0.4, -0.2) is 11.9 Å². The summed E-state index contributed by atoms with van der Waals surface area (Å²) in [4.78, 5) is 22.6. The molecule has 0 bridgehead atoms. The minimum absolute atomic E-state index is 0.259. The zero-order valence-electron chi connectivity index (χ0n) is 14.4. The van der Waals surface area contributed by atoms with Crippen LogP contribution in [-0.2, 0) is 16.0 Å². The van der Waals surface area contributed by atoms with E-state index >= 15 is 0 Å². The van der Waals surface area contributed by atoms with Gasteiger partial charge in [0.15, 0.2) is 11.5 Å². The molecule has 124 valence electrons. The fourth-order valence-corrected chi connectivity index (χ4v) is 3.11. The Morgan fingerprint density at radius 3 is 2.26 bits per heavy atom. The molecule has 0 amide bonds. The molecule has 0 fully saturated rings. The van der Waals surface area contributed by atoms with Crippen LogP contribution >= 0.6 is 0 Å². The van der Waals surface area contributed by atoms with Gasteiger partial charge in [0.1, 0.15) is 0 Å². The van der Waals surface area contributed by atoms with E-state index in [1.165, 1.54) is 19.4 Å². The van der Waals surface area contributed by atoms with Gasteiger partial charge >= 0.3 is 11.9 Å². The normalized spacial score (nSPS) is 17.8. The summed E-state index contributed by atoms with van der Waals surface area (Å²) in [5.74, 6) is 0.526. The molecular formula is C19H24O4. The lowest BCUT2D eigenvalue weighted by Gasteiger charge is -2.28. The van der Waals surface area contributed by atoms with Gasteiger partial charge in [-0.1, -0.05) is 32.4 Å². The molecule has 0 N–H and O–H groups in total. The molecule has 0 aromatic heterocycles. The molecule has 23 heavy (non-hydrogen) atoms. The van der Waals surface area contributed by atoms with Crippen molar-refractivity contribution in [2.45, 2.75) is 53.4 Å². The maximum Gasteiger partial charge on any atom is 0.308 e. The Bertz CT molecular complexity index is 658. The number of allylic oxidation sites excluding steroid dienone is 2. The van der Waals surface area contributed by atoms with Crippen molar-refractivity contribution < 1.29 is 19.1 Å². The van der Waals surface area contributed by atoms with Gasteiger partial charge in [0.2, 0.25) is 0 Å². The highest BCUT2D eigenvalue weighted by molar-refractivity contribution is 5.74. The van der Waals surface area contributed by atoms with Gasteiger partial charge in [0.05, 0.1) is 0 Å². The van der Waals surface area contributed by atoms with Crippen LogP contribution in [0.1, 0.15) is 58.1 Å². The van der Waals surface area contributed by atoms with Crippen LogP contribution in [0.3, 0.4) is 0 Å². The Labute approximate surface area is 137 Å². The quantitative estimate of drug-likeness (QED) is 0.475. The number of rotatable bonds is 4. The second-order valence-corrected chi connectivity index (χ2v) is 6.12. The number of esters is 2. The standard InChI is InChI=1S/C19H24O4/c1-6-11(2)16-8-7-15-9-18(22-13(4)20)19(23-14(5)21)10-17(15)12(16)3/h8-12H,6-7H2,1-5H3/t11-,12-/m0/s1. The molecule has 0 aliphatic heterocycles. The number of ether oxygens (including phenoxy) is 2. The average Bonchev–Trinajstić information content (AvgIpc) is 2.47. The summed E-state index contributed by atoms with van der Waals surface area (Å²) >= 11 is 0. The van der Waals surface area contributed by atoms with Gasteiger partial charge in [-0.3, -0.25) is 9.59 Å². The summed E-state index contributed by atoms with van der Waals surface area (Å²) in [6.45, 7) is 9.25. The van der Waals surface area contributed by atoms with Gasteiger partial charge in [0.25, 0.3) is 0 Å². The van der Waals surface area contributed by atoms with Crippen LogP contribution in [0.2, 0.25) is 0 Å². The predicted octanol–water partition coefficient (Wildman–Crippen LogP) is 4.17. The van der Waals surface area contributed by atoms with Crippen molar-refractivity contribution in [1.82, 2.24) is 0 Å². The maximum absolute atomic E-state index is 11.3. The number of benzene rings is 1. The first kappa shape index (κ1) is 17.3. The van der Waals surface area contributed by atoms with E-state index < -0.39 is 11.9 Å². The van der Waals surface area contributed by atoms with Crippen molar-refractivity contribution >= 4 is 11.9 Å². The highest BCUT2D eigenvalue weighted by Crippen LogP contribution is 2.42. The van der Waals surface area contributed by atoms with E-state index in [1.807, 2.05) is 12.1 Å². The monoisotopic (exact) mass is 316 g/mol. The third kappa shape index (κ3) is 3.81. The smallest absolute Gasteiger partial charge is 0.308 e. The molecule has 1 aromatic rings. The number of hydrogen-bond acceptors (Lipinski definition) is 4. The van der Waals surface area contributed by atoms with Gasteiger partial charge in [-0.2, -0.15) is 0 Å². The number of carbonyl (C=O) groups excluding carboxylic acids is 2. The van der Waals surface area contributed by atoms with Gasteiger partial charge in [0, 0.05) is 19.8 Å². The highest BCUT2D eigenvalue weighted by atomic mass is 16.6. The second-order valence-electron chi connectivity index (χ2n) is 6.12. The van der Waals surface area contributed by atoms with E-state index in [0.717, 1.165) is 24.0 Å². The molecule has 1 aromatic carbocycles. The van der Waals surface area contributed by atoms with Gasteiger partial charge in [-0.05, 0) is 42.0 Å². The van der Waals surface area contributed by atoms with E-state index in [-0.39, 0.29) is 5.92 Å². The number of fused-ring (bicyclic) bond motifs is 1. The first-order chi connectivity index (χ1) is 10.8. The highest BCUT2D eigenvalue weighted by Gasteiger charge is 2.25. The summed E-state index contributed by atoms with van der Waals surface area (Å²) in [7, 11) is 0. The van der Waals surface area contributed by atoms with E-state index in [1.54, 1.807) is 0 Å². The molecule has 0 spiro atoms. The number of carbonyl (C=O) groups is 2. The topological polar surface area (TPSA) is 52.6 Å². The molecule has 4 heteroatoms. The van der Waals surface area contributed by atoms with Gasteiger partial charge in [-0.25, -0.2) is 0 Å². The van der Waals surface area contributed by atoms with Crippen LogP contribution in [0.25, 0.3) is 0 Å². The first-order valence-corrected chi connectivity index (χ1v) is 8.07. The zero-order valence-corrected chi connectivity index (χ0v) is 14.4. The van der Waals surface area contributed by atoms with E-state index in [4.69, 9.17) is 9.47 Å². The first-order valence-electron chi connectivity index (χ1n) is 8.07. The Morgan fingerprint density at radius 1 is 1.17 bits per heavy atom. The fraction of sp³-hybridized carbons (Fsp3) is 0.474. The molecular weight excluding hydrogens is 292 g/mol. The molecule has 0 unspecified atom stereocenters. The van der Waals surface area contributed by atoms with Crippen LogP contribution in [0.5, 0.6) is 11.5 Å². The van der Waals surface area contributed by atoms with Crippen LogP contribution < -0.4 is 9.47 Å². The van der Waals surface area contributed by atoms with Crippen LogP contribution in [0.15, 0.2) is 23.8 Å². The predicted molar refractivity (Wildman–Crippen MR) is 88.7 cm³/mol. The molecule has 0 saturated heterocycles. The summed E-state index contributed by atoms with van der Waals surface area (Å²) in [6.07, 6.45) is 4.16. The Kier molecular flexibility index (Phi) is 5.24. The average molecular weight is 316 g/mol. The minimum atomic E-state index is -0.432. The third-order valence-electron chi connectivity index (χ3n) is 4.42. The lowest BCUT2D eigenvalue weighted by molar-refractivity contribution is -0.134. The molecule has 4 nitrogen and oxygen atoms in total. The molecule has 0 heterocycles. The summed E-state index contributed by atoms with van der Waals surface area (Å²) in [5.41, 5.74) is 3.65. The lowest BCUT2D eigenvalue weighted by Crippen LogP contribution is -2.15. The van der Waals surface area contributed by atoms with Crippen molar-refractivity contribution in [2.24, 2.45) is 5.92 Å². The van der Waals surface area contributed by atoms with E-state index in [9.17, 15) is 9.59 Å². The molecule has 2 atom stereocenters. The minimum Gasteiger partial charge on any atom is -0.423 e. The van der Waals surface area contributed by atoms with Crippen molar-refractivity contribution in [3.8, 4) is 11.5 Å². The lowest BCUT2D eigenvalue weighted by atomic mass is 9.77. The van der Waals surface area contributed by atoms with Crippen molar-refractivity contribution in [3.05, 3.63) is 34.9 Å². The van der Waals surface area contributed by atoms with Crippen molar-refractivity contribution in [3.63, 3.8) is 0 Å². The molecule has 0 saturated carbocycles. The van der Waals surface area contributed by atoms with Crippen molar-refractivity contribution in [1.29, 1.82) is 0 Å². The summed E-state index contributed by atoms with van der Waals surface area (Å²) in [6, 6.07) is 3.66. The molecule has 1 aliphatic rings. The molecule has 1 aliphatic carbocycles. The Hall–Kier alpha value is -2.10. The van der Waals surface area contributed by atoms with Crippen molar-refractivity contribution in [2.75, 3.05) is 0 Å². The SMILES string of the molecule is CC[C@H](C)C1=CCc2cc(OC(C)=O)c(OC(C)=O)cc2[C@H]1C. The van der Waals surface area contributed by atoms with Crippen LogP contribution in [0, 0.1) is 5.92 Å². The molecule has 0 radical (unpaired) electrons.